The van der Waals surface area contributed by atoms with Gasteiger partial charge in [-0.25, -0.2) is 0 Å². The van der Waals surface area contributed by atoms with E-state index in [-0.39, 0.29) is 5.91 Å². The summed E-state index contributed by atoms with van der Waals surface area (Å²) >= 11 is 11.5. The molecule has 1 aromatic rings. The Hall–Kier alpha value is -0.930. The van der Waals surface area contributed by atoms with E-state index >= 15 is 0 Å². The van der Waals surface area contributed by atoms with E-state index in [1.807, 2.05) is 0 Å². The van der Waals surface area contributed by atoms with Crippen LogP contribution in [0.25, 0.3) is 0 Å². The number of nitrogens with one attached hydrogen (secondary N) is 1. The first-order valence-corrected chi connectivity index (χ1v) is 7.28. The van der Waals surface area contributed by atoms with E-state index in [2.05, 4.69) is 5.32 Å². The van der Waals surface area contributed by atoms with Gasteiger partial charge in [0.25, 0.3) is 5.91 Å². The van der Waals surface area contributed by atoms with Crippen LogP contribution in [-0.4, -0.2) is 25.4 Å². The van der Waals surface area contributed by atoms with Crippen LogP contribution in [0.4, 0.5) is 0 Å². The third kappa shape index (κ3) is 5.70. The molecule has 0 aliphatic heterocycles. The Kier molecular flexibility index (Phi) is 7.68. The number of alkyl halides is 1. The molecule has 0 atom stereocenters. The van der Waals surface area contributed by atoms with Crippen LogP contribution in [0.1, 0.15) is 36.0 Å². The maximum atomic E-state index is 12.0. The number of unbranched alkanes of at least 4 members (excludes halogenated alkanes) is 3. The van der Waals surface area contributed by atoms with Crippen molar-refractivity contribution < 1.29 is 9.53 Å². The molecule has 0 spiro atoms. The van der Waals surface area contributed by atoms with Gasteiger partial charge in [-0.2, -0.15) is 0 Å². The highest BCUT2D eigenvalue weighted by molar-refractivity contribution is 6.31. The lowest BCUT2D eigenvalue weighted by Crippen LogP contribution is -2.24. The van der Waals surface area contributed by atoms with Gasteiger partial charge in [0.05, 0.1) is 12.7 Å². The molecule has 0 fully saturated rings. The second kappa shape index (κ2) is 9.05. The Morgan fingerprint density at radius 2 is 2.00 bits per heavy atom. The highest BCUT2D eigenvalue weighted by Gasteiger charge is 2.12. The van der Waals surface area contributed by atoms with Crippen molar-refractivity contribution in [3.8, 4) is 5.75 Å². The summed E-state index contributed by atoms with van der Waals surface area (Å²) in [5, 5.41) is 3.39. The summed E-state index contributed by atoms with van der Waals surface area (Å²) in [5.41, 5.74) is 0.468. The zero-order valence-corrected chi connectivity index (χ0v) is 12.6. The lowest BCUT2D eigenvalue weighted by Gasteiger charge is -2.09. The molecule has 0 saturated carbocycles. The van der Waals surface area contributed by atoms with Gasteiger partial charge >= 0.3 is 0 Å². The van der Waals surface area contributed by atoms with Gasteiger partial charge in [0.1, 0.15) is 5.75 Å². The predicted octanol–water partition coefficient (Wildman–Crippen LogP) is 3.88. The molecule has 1 aromatic carbocycles. The fraction of sp³-hybridized carbons (Fsp3) is 0.500. The molecule has 1 amide bonds. The summed E-state index contributed by atoms with van der Waals surface area (Å²) in [6, 6.07) is 5.00. The number of benzene rings is 1. The normalized spacial score (nSPS) is 10.3. The number of hydrogen-bond donors (Lipinski definition) is 1. The molecule has 0 aromatic heterocycles. The summed E-state index contributed by atoms with van der Waals surface area (Å²) in [5.74, 6) is 1.08. The molecule has 106 valence electrons. The molecule has 0 saturated heterocycles. The van der Waals surface area contributed by atoms with Crippen LogP contribution in [-0.2, 0) is 0 Å². The minimum atomic E-state index is -0.156. The number of hydrogen-bond acceptors (Lipinski definition) is 2. The molecule has 0 unspecified atom stereocenters. The van der Waals surface area contributed by atoms with Crippen molar-refractivity contribution in [3.63, 3.8) is 0 Å². The van der Waals surface area contributed by atoms with Gasteiger partial charge in [0, 0.05) is 17.4 Å². The van der Waals surface area contributed by atoms with Crippen LogP contribution in [0.2, 0.25) is 5.02 Å². The number of methoxy groups -OCH3 is 1. The second-order valence-electron chi connectivity index (χ2n) is 4.20. The summed E-state index contributed by atoms with van der Waals surface area (Å²) in [6.45, 7) is 0.650. The molecule has 3 nitrogen and oxygen atoms in total. The zero-order chi connectivity index (χ0) is 14.1. The van der Waals surface area contributed by atoms with Gasteiger partial charge in [0.2, 0.25) is 0 Å². The van der Waals surface area contributed by atoms with Crippen LogP contribution >= 0.6 is 23.2 Å². The zero-order valence-electron chi connectivity index (χ0n) is 11.0. The quantitative estimate of drug-likeness (QED) is 0.585. The number of amides is 1. The third-order valence-electron chi connectivity index (χ3n) is 2.75. The number of ether oxygens (including phenoxy) is 1. The lowest BCUT2D eigenvalue weighted by molar-refractivity contribution is 0.0950. The van der Waals surface area contributed by atoms with Crippen molar-refractivity contribution >= 4 is 29.1 Å². The SMILES string of the molecule is COc1ccc(Cl)cc1C(=O)NCCCCCCCl. The average molecular weight is 304 g/mol. The van der Waals surface area contributed by atoms with E-state index in [0.717, 1.165) is 25.7 Å². The molecule has 0 aliphatic carbocycles. The molecule has 1 rings (SSSR count). The number of carbonyl (C=O) groups excluding carboxylic acids is 1. The molecule has 0 heterocycles. The van der Waals surface area contributed by atoms with Crippen LogP contribution < -0.4 is 10.1 Å². The van der Waals surface area contributed by atoms with E-state index < -0.39 is 0 Å². The standard InChI is InChI=1S/C14H19Cl2NO2/c1-19-13-7-6-11(16)10-12(13)14(18)17-9-5-3-2-4-8-15/h6-7,10H,2-5,8-9H2,1H3,(H,17,18). The van der Waals surface area contributed by atoms with Gasteiger partial charge in [-0.3, -0.25) is 4.79 Å². The van der Waals surface area contributed by atoms with E-state index in [1.54, 1.807) is 18.2 Å². The van der Waals surface area contributed by atoms with Crippen molar-refractivity contribution in [1.82, 2.24) is 5.32 Å². The van der Waals surface area contributed by atoms with Crippen LogP contribution in [0.3, 0.4) is 0 Å². The van der Waals surface area contributed by atoms with Crippen LogP contribution in [0, 0.1) is 0 Å². The van der Waals surface area contributed by atoms with Gasteiger partial charge in [0.15, 0.2) is 0 Å². The fourth-order valence-corrected chi connectivity index (χ4v) is 2.09. The molecule has 1 N–H and O–H groups in total. The van der Waals surface area contributed by atoms with E-state index in [1.165, 1.54) is 7.11 Å². The molecule has 5 heteroatoms. The number of rotatable bonds is 8. The molecular formula is C14H19Cl2NO2. The average Bonchev–Trinajstić information content (AvgIpc) is 2.42. The summed E-state index contributed by atoms with van der Waals surface area (Å²) < 4.78 is 5.15. The predicted molar refractivity (Wildman–Crippen MR) is 79.5 cm³/mol. The van der Waals surface area contributed by atoms with E-state index in [9.17, 15) is 4.79 Å². The molecule has 0 bridgehead atoms. The minimum Gasteiger partial charge on any atom is -0.496 e. The molecule has 0 aliphatic rings. The molecule has 0 radical (unpaired) electrons. The Balaban J connectivity index is 2.43. The first kappa shape index (κ1) is 16.1. The van der Waals surface area contributed by atoms with Gasteiger partial charge < -0.3 is 10.1 Å². The summed E-state index contributed by atoms with van der Waals surface area (Å²) in [6.07, 6.45) is 4.14. The van der Waals surface area contributed by atoms with Crippen LogP contribution in [0.5, 0.6) is 5.75 Å². The Morgan fingerprint density at radius 3 is 2.68 bits per heavy atom. The van der Waals surface area contributed by atoms with Crippen LogP contribution in [0.15, 0.2) is 18.2 Å². The lowest BCUT2D eigenvalue weighted by atomic mass is 10.1. The van der Waals surface area contributed by atoms with Gasteiger partial charge in [-0.15, -0.1) is 11.6 Å². The first-order chi connectivity index (χ1) is 9.19. The van der Waals surface area contributed by atoms with Gasteiger partial charge in [-0.05, 0) is 31.0 Å². The van der Waals surface area contributed by atoms with Crippen molar-refractivity contribution in [2.24, 2.45) is 0 Å². The highest BCUT2D eigenvalue weighted by Crippen LogP contribution is 2.22. The minimum absolute atomic E-state index is 0.156. The highest BCUT2D eigenvalue weighted by atomic mass is 35.5. The summed E-state index contributed by atoms with van der Waals surface area (Å²) in [4.78, 5) is 12.0. The van der Waals surface area contributed by atoms with Crippen molar-refractivity contribution in [1.29, 1.82) is 0 Å². The second-order valence-corrected chi connectivity index (χ2v) is 5.02. The topological polar surface area (TPSA) is 38.3 Å². The Morgan fingerprint density at radius 1 is 1.26 bits per heavy atom. The summed E-state index contributed by atoms with van der Waals surface area (Å²) in [7, 11) is 1.53. The van der Waals surface area contributed by atoms with E-state index in [0.29, 0.717) is 28.8 Å². The van der Waals surface area contributed by atoms with Gasteiger partial charge in [-0.1, -0.05) is 24.4 Å². The van der Waals surface area contributed by atoms with Crippen molar-refractivity contribution in [2.45, 2.75) is 25.7 Å². The largest absolute Gasteiger partial charge is 0.496 e. The Labute approximate surface area is 124 Å². The maximum absolute atomic E-state index is 12.0. The van der Waals surface area contributed by atoms with Crippen molar-refractivity contribution in [3.05, 3.63) is 28.8 Å². The fourth-order valence-electron chi connectivity index (χ4n) is 1.73. The van der Waals surface area contributed by atoms with E-state index in [4.69, 9.17) is 27.9 Å². The first-order valence-electron chi connectivity index (χ1n) is 6.36. The third-order valence-corrected chi connectivity index (χ3v) is 3.25. The van der Waals surface area contributed by atoms with Crippen molar-refractivity contribution in [2.75, 3.05) is 19.5 Å². The molecule has 19 heavy (non-hydrogen) atoms. The number of carbonyl (C=O) groups is 1. The molecular weight excluding hydrogens is 285 g/mol. The monoisotopic (exact) mass is 303 g/mol. The maximum Gasteiger partial charge on any atom is 0.255 e. The number of halogens is 2. The smallest absolute Gasteiger partial charge is 0.255 e. The Bertz CT molecular complexity index is 410.